The van der Waals surface area contributed by atoms with Crippen LogP contribution in [0.5, 0.6) is 0 Å². The van der Waals surface area contributed by atoms with Gasteiger partial charge in [-0.05, 0) is 99.1 Å². The number of para-hydroxylation sites is 2. The van der Waals surface area contributed by atoms with E-state index in [1.807, 2.05) is 12.1 Å². The highest BCUT2D eigenvalue weighted by molar-refractivity contribution is 6.15. The molecule has 0 amide bonds. The first-order chi connectivity index (χ1) is 22.8. The van der Waals surface area contributed by atoms with E-state index in [4.69, 9.17) is 4.42 Å². The fraction of sp³-hybridized carbons (Fsp3) is 0. The molecule has 0 fully saturated rings. The van der Waals surface area contributed by atoms with Crippen LogP contribution in [0, 0.1) is 0 Å². The molecule has 9 rings (SSSR count). The minimum absolute atomic E-state index is 0.922. The molecule has 0 saturated carbocycles. The summed E-state index contributed by atoms with van der Waals surface area (Å²) in [7, 11) is 0. The minimum atomic E-state index is 0.922. The highest BCUT2D eigenvalue weighted by atomic mass is 16.3. The van der Waals surface area contributed by atoms with Crippen LogP contribution < -0.4 is 4.90 Å². The third kappa shape index (κ3) is 4.51. The fourth-order valence-corrected chi connectivity index (χ4v) is 6.68. The Morgan fingerprint density at radius 2 is 0.870 bits per heavy atom. The van der Waals surface area contributed by atoms with Crippen LogP contribution in [-0.2, 0) is 0 Å². The molecule has 1 heterocycles. The average molecular weight is 588 g/mol. The van der Waals surface area contributed by atoms with Crippen molar-refractivity contribution in [1.29, 1.82) is 0 Å². The van der Waals surface area contributed by atoms with E-state index < -0.39 is 0 Å². The van der Waals surface area contributed by atoms with E-state index in [-0.39, 0.29) is 0 Å². The minimum Gasteiger partial charge on any atom is -0.455 e. The van der Waals surface area contributed by atoms with Crippen molar-refractivity contribution in [2.75, 3.05) is 4.90 Å². The van der Waals surface area contributed by atoms with Gasteiger partial charge in [-0.3, -0.25) is 0 Å². The molecule has 0 atom stereocenters. The lowest BCUT2D eigenvalue weighted by molar-refractivity contribution is 0.672. The highest BCUT2D eigenvalue weighted by Crippen LogP contribution is 2.39. The fourth-order valence-electron chi connectivity index (χ4n) is 6.68. The average Bonchev–Trinajstić information content (AvgIpc) is 3.52. The summed E-state index contributed by atoms with van der Waals surface area (Å²) in [6, 6.07) is 62.8. The van der Waals surface area contributed by atoms with Crippen LogP contribution in [0.15, 0.2) is 180 Å². The summed E-state index contributed by atoms with van der Waals surface area (Å²) < 4.78 is 6.35. The number of anilines is 3. The maximum atomic E-state index is 6.35. The predicted octanol–water partition coefficient (Wildman–Crippen LogP) is 12.7. The lowest BCUT2D eigenvalue weighted by Gasteiger charge is -2.26. The second-order valence-electron chi connectivity index (χ2n) is 11.8. The molecule has 2 heteroatoms. The molecule has 0 radical (unpaired) electrons. The van der Waals surface area contributed by atoms with Gasteiger partial charge < -0.3 is 9.32 Å². The van der Waals surface area contributed by atoms with Gasteiger partial charge in [-0.1, -0.05) is 115 Å². The second kappa shape index (κ2) is 10.8. The molecule has 0 spiro atoms. The number of rotatable bonds is 5. The first kappa shape index (κ1) is 26.3. The van der Waals surface area contributed by atoms with Crippen LogP contribution in [0.3, 0.4) is 0 Å². The Morgan fingerprint density at radius 1 is 0.326 bits per heavy atom. The molecule has 1 aromatic heterocycles. The molecule has 0 bridgehead atoms. The molecular formula is C44H29NO. The quantitative estimate of drug-likeness (QED) is 0.199. The van der Waals surface area contributed by atoms with Gasteiger partial charge in [0.25, 0.3) is 0 Å². The highest BCUT2D eigenvalue weighted by Gasteiger charge is 2.14. The van der Waals surface area contributed by atoms with Gasteiger partial charge in [0.1, 0.15) is 11.2 Å². The molecule has 0 aliphatic carbocycles. The van der Waals surface area contributed by atoms with Gasteiger partial charge in [0.2, 0.25) is 0 Å². The third-order valence-electron chi connectivity index (χ3n) is 9.04. The second-order valence-corrected chi connectivity index (χ2v) is 11.8. The monoisotopic (exact) mass is 587 g/mol. The SMILES string of the molecule is c1ccc(N(c2ccc(-c3ccc4ccccc4c3)cc2)c2ccc(-c3ccc4ccc5c6ccccc6oc5c4c3)cc2)cc1. The topological polar surface area (TPSA) is 16.4 Å². The van der Waals surface area contributed by atoms with Crippen molar-refractivity contribution in [3.63, 3.8) is 0 Å². The van der Waals surface area contributed by atoms with Crippen molar-refractivity contribution in [3.05, 3.63) is 176 Å². The smallest absolute Gasteiger partial charge is 0.143 e. The van der Waals surface area contributed by atoms with E-state index in [1.165, 1.54) is 32.8 Å². The molecule has 216 valence electrons. The van der Waals surface area contributed by atoms with Crippen LogP contribution in [0.25, 0.3) is 65.7 Å². The maximum absolute atomic E-state index is 6.35. The molecular weight excluding hydrogens is 558 g/mol. The summed E-state index contributed by atoms with van der Waals surface area (Å²) in [5.74, 6) is 0. The van der Waals surface area contributed by atoms with Gasteiger partial charge in [-0.15, -0.1) is 0 Å². The number of benzene rings is 8. The van der Waals surface area contributed by atoms with Crippen LogP contribution in [0.1, 0.15) is 0 Å². The van der Waals surface area contributed by atoms with Gasteiger partial charge in [0.15, 0.2) is 0 Å². The van der Waals surface area contributed by atoms with Gasteiger partial charge in [-0.25, -0.2) is 0 Å². The maximum Gasteiger partial charge on any atom is 0.143 e. The summed E-state index contributed by atoms with van der Waals surface area (Å²) in [6.07, 6.45) is 0. The van der Waals surface area contributed by atoms with Gasteiger partial charge >= 0.3 is 0 Å². The predicted molar refractivity (Wildman–Crippen MR) is 194 cm³/mol. The lowest BCUT2D eigenvalue weighted by Crippen LogP contribution is -2.09. The van der Waals surface area contributed by atoms with Crippen molar-refractivity contribution in [1.82, 2.24) is 0 Å². The molecule has 46 heavy (non-hydrogen) atoms. The standard InChI is InChI=1S/C44H29NO/c1-2-10-37(11-3-1)45(38-23-18-31(19-24-38)35-16-14-30-8-4-5-9-34(30)28-35)39-25-20-32(21-26-39)36-17-15-33-22-27-41-40-12-6-7-13-43(40)46-44(41)42(33)29-36/h1-29H. The zero-order valence-corrected chi connectivity index (χ0v) is 25.1. The Hall–Kier alpha value is -6.12. The van der Waals surface area contributed by atoms with Crippen LogP contribution >= 0.6 is 0 Å². The van der Waals surface area contributed by atoms with E-state index in [2.05, 4.69) is 169 Å². The lowest BCUT2D eigenvalue weighted by atomic mass is 9.99. The zero-order chi connectivity index (χ0) is 30.5. The van der Waals surface area contributed by atoms with E-state index in [9.17, 15) is 0 Å². The summed E-state index contributed by atoms with van der Waals surface area (Å²) in [6.45, 7) is 0. The zero-order valence-electron chi connectivity index (χ0n) is 25.1. The number of nitrogens with zero attached hydrogens (tertiary/aromatic N) is 1. The van der Waals surface area contributed by atoms with Crippen LogP contribution in [0.4, 0.5) is 17.1 Å². The van der Waals surface area contributed by atoms with Crippen LogP contribution in [0.2, 0.25) is 0 Å². The van der Waals surface area contributed by atoms with E-state index in [1.54, 1.807) is 0 Å². The summed E-state index contributed by atoms with van der Waals surface area (Å²) >= 11 is 0. The van der Waals surface area contributed by atoms with E-state index >= 15 is 0 Å². The van der Waals surface area contributed by atoms with Crippen molar-refractivity contribution in [3.8, 4) is 22.3 Å². The molecule has 8 aromatic carbocycles. The normalized spacial score (nSPS) is 11.5. The molecule has 0 saturated heterocycles. The van der Waals surface area contributed by atoms with Gasteiger partial charge in [0.05, 0.1) is 0 Å². The Bertz CT molecular complexity index is 2510. The number of furan rings is 1. The first-order valence-electron chi connectivity index (χ1n) is 15.7. The van der Waals surface area contributed by atoms with Crippen LogP contribution in [-0.4, -0.2) is 0 Å². The third-order valence-corrected chi connectivity index (χ3v) is 9.04. The number of fused-ring (bicyclic) bond motifs is 6. The first-order valence-corrected chi connectivity index (χ1v) is 15.7. The molecule has 0 aliphatic heterocycles. The van der Waals surface area contributed by atoms with Crippen molar-refractivity contribution in [2.24, 2.45) is 0 Å². The molecule has 9 aromatic rings. The Labute approximate surface area is 267 Å². The van der Waals surface area contributed by atoms with E-state index in [0.717, 1.165) is 50.0 Å². The van der Waals surface area contributed by atoms with Gasteiger partial charge in [-0.2, -0.15) is 0 Å². The summed E-state index contributed by atoms with van der Waals surface area (Å²) in [5.41, 5.74) is 9.95. The number of hydrogen-bond acceptors (Lipinski definition) is 2. The van der Waals surface area contributed by atoms with Gasteiger partial charge in [0, 0.05) is 33.2 Å². The van der Waals surface area contributed by atoms with Crippen molar-refractivity contribution >= 4 is 60.5 Å². The number of hydrogen-bond donors (Lipinski definition) is 0. The molecule has 0 N–H and O–H groups in total. The van der Waals surface area contributed by atoms with Crippen molar-refractivity contribution < 1.29 is 4.42 Å². The largest absolute Gasteiger partial charge is 0.455 e. The van der Waals surface area contributed by atoms with E-state index in [0.29, 0.717) is 0 Å². The van der Waals surface area contributed by atoms with Crippen molar-refractivity contribution in [2.45, 2.75) is 0 Å². The summed E-state index contributed by atoms with van der Waals surface area (Å²) in [5, 5.41) is 7.12. The Balaban J connectivity index is 1.08. The molecule has 0 aliphatic rings. The summed E-state index contributed by atoms with van der Waals surface area (Å²) in [4.78, 5) is 2.31. The molecule has 0 unspecified atom stereocenters. The Morgan fingerprint density at radius 3 is 1.61 bits per heavy atom. The molecule has 2 nitrogen and oxygen atoms in total. The Kier molecular flexibility index (Phi) is 6.17.